The molecule has 3 aromatic rings. The minimum absolute atomic E-state index is 0.0376. The average Bonchev–Trinajstić information content (AvgIpc) is 3.37. The van der Waals surface area contributed by atoms with Gasteiger partial charge in [0, 0.05) is 39.1 Å². The number of nitrogens with zero attached hydrogens (tertiary/aromatic N) is 4. The molecule has 1 atom stereocenters. The number of hydrogen-bond donors (Lipinski definition) is 0. The predicted octanol–water partition coefficient (Wildman–Crippen LogP) is 4.33. The Morgan fingerprint density at radius 1 is 0.917 bits per heavy atom. The van der Waals surface area contributed by atoms with E-state index in [2.05, 4.69) is 34.1 Å². The molecule has 36 heavy (non-hydrogen) atoms. The summed E-state index contributed by atoms with van der Waals surface area (Å²) in [7, 11) is 1.63. The maximum absolute atomic E-state index is 13.6. The lowest BCUT2D eigenvalue weighted by molar-refractivity contribution is -0.134. The number of halogens is 1. The van der Waals surface area contributed by atoms with Crippen LogP contribution in [-0.2, 0) is 11.3 Å². The van der Waals surface area contributed by atoms with Crippen molar-refractivity contribution in [2.24, 2.45) is 5.10 Å². The first-order valence-corrected chi connectivity index (χ1v) is 12.4. The molecule has 6 nitrogen and oxygen atoms in total. The van der Waals surface area contributed by atoms with Crippen LogP contribution in [0.4, 0.5) is 4.39 Å². The number of benzene rings is 3. The zero-order valence-corrected chi connectivity index (χ0v) is 20.5. The Balaban J connectivity index is 1.27. The van der Waals surface area contributed by atoms with E-state index in [1.54, 1.807) is 24.3 Å². The van der Waals surface area contributed by atoms with Gasteiger partial charge in [0.1, 0.15) is 11.6 Å². The monoisotopic (exact) mass is 486 g/mol. The van der Waals surface area contributed by atoms with Crippen molar-refractivity contribution < 1.29 is 13.9 Å². The summed E-state index contributed by atoms with van der Waals surface area (Å²) >= 11 is 0. The highest BCUT2D eigenvalue weighted by atomic mass is 19.1. The fourth-order valence-corrected chi connectivity index (χ4v) is 4.85. The molecule has 1 fully saturated rings. The number of carbonyl (C=O) groups is 1. The second-order valence-electron chi connectivity index (χ2n) is 9.32. The lowest BCUT2D eigenvalue weighted by Crippen LogP contribution is -2.49. The fourth-order valence-electron chi connectivity index (χ4n) is 4.85. The molecular weight excluding hydrogens is 455 g/mol. The molecule has 5 rings (SSSR count). The van der Waals surface area contributed by atoms with Crippen LogP contribution in [0.25, 0.3) is 0 Å². The van der Waals surface area contributed by atoms with E-state index in [0.29, 0.717) is 13.0 Å². The normalized spacial score (nSPS) is 18.8. The van der Waals surface area contributed by atoms with Gasteiger partial charge in [-0.3, -0.25) is 14.6 Å². The van der Waals surface area contributed by atoms with Crippen molar-refractivity contribution in [3.8, 4) is 5.75 Å². The molecule has 186 valence electrons. The SMILES string of the molecule is COc1ccc(C2=NN(C(=O)CN3CCN(Cc4ccccc4)CC3)[C@@H](c3ccc(F)cc3)C2)cc1. The molecule has 3 aromatic carbocycles. The van der Waals surface area contributed by atoms with Gasteiger partial charge in [0.25, 0.3) is 5.91 Å². The van der Waals surface area contributed by atoms with Crippen LogP contribution < -0.4 is 4.74 Å². The number of hydrogen-bond acceptors (Lipinski definition) is 5. The zero-order valence-electron chi connectivity index (χ0n) is 20.5. The third kappa shape index (κ3) is 5.64. The van der Waals surface area contributed by atoms with Gasteiger partial charge in [0.15, 0.2) is 0 Å². The van der Waals surface area contributed by atoms with Crippen LogP contribution in [0.15, 0.2) is 84.0 Å². The first kappa shape index (κ1) is 24.2. The van der Waals surface area contributed by atoms with Crippen LogP contribution in [0.3, 0.4) is 0 Å². The second kappa shape index (κ2) is 11.0. The van der Waals surface area contributed by atoms with Crippen LogP contribution >= 0.6 is 0 Å². The summed E-state index contributed by atoms with van der Waals surface area (Å²) in [6, 6.07) is 24.3. The van der Waals surface area contributed by atoms with Gasteiger partial charge >= 0.3 is 0 Å². The number of rotatable bonds is 7. The van der Waals surface area contributed by atoms with Crippen molar-refractivity contribution in [1.82, 2.24) is 14.8 Å². The van der Waals surface area contributed by atoms with E-state index in [0.717, 1.165) is 55.3 Å². The lowest BCUT2D eigenvalue weighted by Gasteiger charge is -2.35. The number of piperazine rings is 1. The molecule has 1 saturated heterocycles. The average molecular weight is 487 g/mol. The maximum Gasteiger partial charge on any atom is 0.257 e. The topological polar surface area (TPSA) is 48.4 Å². The van der Waals surface area contributed by atoms with Crippen molar-refractivity contribution in [3.63, 3.8) is 0 Å². The predicted molar refractivity (Wildman–Crippen MR) is 138 cm³/mol. The van der Waals surface area contributed by atoms with Gasteiger partial charge in [0.2, 0.25) is 0 Å². The third-order valence-corrected chi connectivity index (χ3v) is 6.92. The van der Waals surface area contributed by atoms with Crippen LogP contribution in [0.2, 0.25) is 0 Å². The summed E-state index contributed by atoms with van der Waals surface area (Å²) in [4.78, 5) is 18.1. The van der Waals surface area contributed by atoms with E-state index >= 15 is 0 Å². The molecule has 0 aromatic heterocycles. The summed E-state index contributed by atoms with van der Waals surface area (Å²) in [5, 5.41) is 6.36. The number of carbonyl (C=O) groups excluding carboxylic acids is 1. The minimum atomic E-state index is -0.292. The van der Waals surface area contributed by atoms with Gasteiger partial charge in [-0.25, -0.2) is 9.40 Å². The van der Waals surface area contributed by atoms with E-state index in [9.17, 15) is 9.18 Å². The van der Waals surface area contributed by atoms with Crippen LogP contribution in [-0.4, -0.2) is 66.3 Å². The highest BCUT2D eigenvalue weighted by Gasteiger charge is 2.34. The van der Waals surface area contributed by atoms with Crippen LogP contribution in [0.1, 0.15) is 29.2 Å². The summed E-state index contributed by atoms with van der Waals surface area (Å²) < 4.78 is 18.9. The first-order chi connectivity index (χ1) is 17.6. The number of hydrazone groups is 1. The molecule has 0 bridgehead atoms. The first-order valence-electron chi connectivity index (χ1n) is 12.4. The molecule has 2 aliphatic heterocycles. The fraction of sp³-hybridized carbons (Fsp3) is 0.310. The molecule has 0 spiro atoms. The van der Waals surface area contributed by atoms with Crippen LogP contribution in [0.5, 0.6) is 5.75 Å². The van der Waals surface area contributed by atoms with Gasteiger partial charge in [-0.2, -0.15) is 5.10 Å². The Morgan fingerprint density at radius 2 is 1.58 bits per heavy atom. The standard InChI is InChI=1S/C29H31FN4O2/c1-36-26-13-9-23(10-14-26)27-19-28(24-7-11-25(30)12-8-24)34(31-27)29(35)21-33-17-15-32(16-18-33)20-22-5-3-2-4-6-22/h2-14,28H,15-21H2,1H3/t28-/m1/s1. The smallest absolute Gasteiger partial charge is 0.257 e. The quantitative estimate of drug-likeness (QED) is 0.499. The molecule has 2 heterocycles. The van der Waals surface area contributed by atoms with E-state index in [4.69, 9.17) is 9.84 Å². The Labute approximate surface area is 211 Å². The summed E-state index contributed by atoms with van der Waals surface area (Å²) in [5.41, 5.74) is 3.98. The zero-order chi connectivity index (χ0) is 24.9. The van der Waals surface area contributed by atoms with E-state index in [1.807, 2.05) is 30.3 Å². The van der Waals surface area contributed by atoms with Crippen molar-refractivity contribution in [2.45, 2.75) is 19.0 Å². The van der Waals surface area contributed by atoms with Crippen LogP contribution in [0, 0.1) is 5.82 Å². The number of methoxy groups -OCH3 is 1. The number of ether oxygens (including phenoxy) is 1. The van der Waals surface area contributed by atoms with E-state index < -0.39 is 0 Å². The maximum atomic E-state index is 13.6. The Morgan fingerprint density at radius 3 is 2.25 bits per heavy atom. The Hall–Kier alpha value is -3.55. The van der Waals surface area contributed by atoms with E-state index in [-0.39, 0.29) is 17.8 Å². The van der Waals surface area contributed by atoms with Crippen molar-refractivity contribution in [3.05, 3.63) is 101 Å². The van der Waals surface area contributed by atoms with Gasteiger partial charge in [-0.15, -0.1) is 0 Å². The van der Waals surface area contributed by atoms with Crippen molar-refractivity contribution in [1.29, 1.82) is 0 Å². The van der Waals surface area contributed by atoms with Crippen molar-refractivity contribution >= 4 is 11.6 Å². The summed E-state index contributed by atoms with van der Waals surface area (Å²) in [5.74, 6) is 0.440. The molecule has 0 unspecified atom stereocenters. The molecule has 0 aliphatic carbocycles. The Bertz CT molecular complexity index is 1190. The molecule has 0 saturated carbocycles. The molecule has 0 N–H and O–H groups in total. The highest BCUT2D eigenvalue weighted by molar-refractivity contribution is 6.03. The Kier molecular flexibility index (Phi) is 7.39. The lowest BCUT2D eigenvalue weighted by atomic mass is 9.98. The van der Waals surface area contributed by atoms with Crippen molar-refractivity contribution in [2.75, 3.05) is 39.8 Å². The summed E-state index contributed by atoms with van der Waals surface area (Å²) in [6.45, 7) is 4.76. The minimum Gasteiger partial charge on any atom is -0.497 e. The molecule has 2 aliphatic rings. The largest absolute Gasteiger partial charge is 0.497 e. The van der Waals surface area contributed by atoms with Gasteiger partial charge in [-0.1, -0.05) is 42.5 Å². The van der Waals surface area contributed by atoms with Gasteiger partial charge in [0.05, 0.1) is 25.4 Å². The van der Waals surface area contributed by atoms with Gasteiger partial charge in [-0.05, 0) is 53.1 Å². The third-order valence-electron chi connectivity index (χ3n) is 6.92. The molecule has 1 amide bonds. The number of amides is 1. The van der Waals surface area contributed by atoms with E-state index in [1.165, 1.54) is 17.7 Å². The molecule has 0 radical (unpaired) electrons. The van der Waals surface area contributed by atoms with Gasteiger partial charge < -0.3 is 4.74 Å². The summed E-state index contributed by atoms with van der Waals surface area (Å²) in [6.07, 6.45) is 0.578. The highest BCUT2D eigenvalue weighted by Crippen LogP contribution is 2.33. The molecular formula is C29H31FN4O2. The molecule has 7 heteroatoms. The second-order valence-corrected chi connectivity index (χ2v) is 9.32.